The average Bonchev–Trinajstić information content (AvgIpc) is 2.85. The van der Waals surface area contributed by atoms with E-state index >= 15 is 0 Å². The molecule has 0 aliphatic carbocycles. The molecule has 8 heteroatoms. The summed E-state index contributed by atoms with van der Waals surface area (Å²) in [6, 6.07) is 3.13. The maximum Gasteiger partial charge on any atom is 0.324 e. The molecule has 0 saturated carbocycles. The van der Waals surface area contributed by atoms with E-state index in [0.717, 1.165) is 5.56 Å². The number of rotatable bonds is 6. The van der Waals surface area contributed by atoms with Crippen molar-refractivity contribution in [1.29, 1.82) is 0 Å². The summed E-state index contributed by atoms with van der Waals surface area (Å²) in [5, 5.41) is 8.94. The summed E-state index contributed by atoms with van der Waals surface area (Å²) >= 11 is 0. The molecule has 0 aromatic heterocycles. The molecule has 1 aromatic carbocycles. The molecule has 0 spiro atoms. The number of hydrogen-bond donors (Lipinski definition) is 2. The molecule has 2 rings (SSSR count). The number of fused-ring (bicyclic) bond motifs is 1. The molecule has 2 N–H and O–H groups in total. The molecule has 20 heavy (non-hydrogen) atoms. The SMILES string of the molecule is COCC(NS(=O)(=O)c1ccc2c(c1)CCO2)C(=O)O. The van der Waals surface area contributed by atoms with Gasteiger partial charge in [0.1, 0.15) is 11.8 Å². The summed E-state index contributed by atoms with van der Waals surface area (Å²) in [5.74, 6) is -0.629. The Bertz CT molecular complexity index is 612. The predicted molar refractivity (Wildman–Crippen MR) is 69.3 cm³/mol. The lowest BCUT2D eigenvalue weighted by Crippen LogP contribution is -2.43. The number of aliphatic carboxylic acids is 1. The van der Waals surface area contributed by atoms with Crippen LogP contribution >= 0.6 is 0 Å². The summed E-state index contributed by atoms with van der Waals surface area (Å²) < 4.78 is 36.4. The van der Waals surface area contributed by atoms with Crippen molar-refractivity contribution in [3.05, 3.63) is 23.8 Å². The smallest absolute Gasteiger partial charge is 0.324 e. The Hall–Kier alpha value is -1.64. The molecule has 0 fully saturated rings. The highest BCUT2D eigenvalue weighted by molar-refractivity contribution is 7.89. The number of sulfonamides is 1. The van der Waals surface area contributed by atoms with E-state index in [9.17, 15) is 13.2 Å². The lowest BCUT2D eigenvalue weighted by Gasteiger charge is -2.14. The number of ether oxygens (including phenoxy) is 2. The van der Waals surface area contributed by atoms with Crippen LogP contribution in [0.2, 0.25) is 0 Å². The molecule has 1 aromatic rings. The zero-order valence-corrected chi connectivity index (χ0v) is 11.6. The van der Waals surface area contributed by atoms with Gasteiger partial charge in [-0.05, 0) is 23.8 Å². The number of carboxylic acid groups (broad SMARTS) is 1. The zero-order chi connectivity index (χ0) is 14.8. The number of carbonyl (C=O) groups is 1. The van der Waals surface area contributed by atoms with Crippen LogP contribution in [0.4, 0.5) is 0 Å². The molecule has 0 radical (unpaired) electrons. The van der Waals surface area contributed by atoms with E-state index in [-0.39, 0.29) is 11.5 Å². The van der Waals surface area contributed by atoms with Gasteiger partial charge in [0.25, 0.3) is 0 Å². The molecule has 1 aliphatic heterocycles. The van der Waals surface area contributed by atoms with Crippen LogP contribution in [0.15, 0.2) is 23.1 Å². The quantitative estimate of drug-likeness (QED) is 0.767. The fraction of sp³-hybridized carbons (Fsp3) is 0.417. The van der Waals surface area contributed by atoms with Gasteiger partial charge < -0.3 is 14.6 Å². The summed E-state index contributed by atoms with van der Waals surface area (Å²) in [6.45, 7) is 0.274. The third-order valence-corrected chi connectivity index (χ3v) is 4.37. The fourth-order valence-electron chi connectivity index (χ4n) is 1.91. The fourth-order valence-corrected chi connectivity index (χ4v) is 3.13. The molecule has 1 heterocycles. The topological polar surface area (TPSA) is 102 Å². The molecule has 7 nitrogen and oxygen atoms in total. The van der Waals surface area contributed by atoms with Gasteiger partial charge in [0.05, 0.1) is 18.1 Å². The van der Waals surface area contributed by atoms with Crippen molar-refractivity contribution >= 4 is 16.0 Å². The molecular weight excluding hydrogens is 286 g/mol. The van der Waals surface area contributed by atoms with Crippen LogP contribution in [0, 0.1) is 0 Å². The van der Waals surface area contributed by atoms with Gasteiger partial charge in [0, 0.05) is 13.5 Å². The molecule has 0 amide bonds. The van der Waals surface area contributed by atoms with Gasteiger partial charge in [-0.15, -0.1) is 0 Å². The predicted octanol–water partition coefficient (Wildman–Crippen LogP) is -0.000600. The lowest BCUT2D eigenvalue weighted by atomic mass is 10.2. The second kappa shape index (κ2) is 5.78. The maximum atomic E-state index is 12.2. The van der Waals surface area contributed by atoms with Crippen molar-refractivity contribution in [1.82, 2.24) is 4.72 Å². The number of nitrogens with one attached hydrogen (secondary N) is 1. The lowest BCUT2D eigenvalue weighted by molar-refractivity contribution is -0.140. The largest absolute Gasteiger partial charge is 0.493 e. The van der Waals surface area contributed by atoms with Crippen LogP contribution in [0.1, 0.15) is 5.56 Å². The van der Waals surface area contributed by atoms with Crippen molar-refractivity contribution in [2.75, 3.05) is 20.3 Å². The van der Waals surface area contributed by atoms with E-state index in [1.165, 1.54) is 19.2 Å². The van der Waals surface area contributed by atoms with Gasteiger partial charge in [0.15, 0.2) is 0 Å². The van der Waals surface area contributed by atoms with Gasteiger partial charge in [0.2, 0.25) is 10.0 Å². The molecular formula is C12H15NO6S. The first-order valence-corrected chi connectivity index (χ1v) is 7.42. The molecule has 1 atom stereocenters. The normalized spacial score (nSPS) is 15.4. The second-order valence-corrected chi connectivity index (χ2v) is 6.05. The van der Waals surface area contributed by atoms with Crippen molar-refractivity contribution in [2.24, 2.45) is 0 Å². The van der Waals surface area contributed by atoms with Gasteiger partial charge in [-0.1, -0.05) is 0 Å². The average molecular weight is 301 g/mol. The third-order valence-electron chi connectivity index (χ3n) is 2.90. The monoisotopic (exact) mass is 301 g/mol. The summed E-state index contributed by atoms with van der Waals surface area (Å²) in [4.78, 5) is 11.0. The van der Waals surface area contributed by atoms with Crippen LogP contribution in [0.5, 0.6) is 5.75 Å². The van der Waals surface area contributed by atoms with Crippen LogP contribution in [-0.4, -0.2) is 45.9 Å². The van der Waals surface area contributed by atoms with Crippen molar-refractivity contribution < 1.29 is 27.8 Å². The summed E-state index contributed by atoms with van der Waals surface area (Å²) in [7, 11) is -2.61. The Balaban J connectivity index is 2.23. The van der Waals surface area contributed by atoms with Crippen molar-refractivity contribution in [2.45, 2.75) is 17.4 Å². The minimum atomic E-state index is -3.91. The second-order valence-electron chi connectivity index (χ2n) is 4.34. The van der Waals surface area contributed by atoms with Crippen LogP contribution in [0.3, 0.4) is 0 Å². The minimum absolute atomic E-state index is 0.0177. The summed E-state index contributed by atoms with van der Waals surface area (Å²) in [5.41, 5.74) is 0.798. The first kappa shape index (κ1) is 14.8. The number of hydrogen-bond acceptors (Lipinski definition) is 5. The number of methoxy groups -OCH3 is 1. The van der Waals surface area contributed by atoms with E-state index in [2.05, 4.69) is 4.72 Å². The Labute approximate surface area is 116 Å². The van der Waals surface area contributed by atoms with Crippen LogP contribution in [0.25, 0.3) is 0 Å². The van der Waals surface area contributed by atoms with E-state index < -0.39 is 22.0 Å². The van der Waals surface area contributed by atoms with Crippen molar-refractivity contribution in [3.63, 3.8) is 0 Å². The molecule has 1 unspecified atom stereocenters. The molecule has 0 saturated heterocycles. The Morgan fingerprint density at radius 1 is 1.55 bits per heavy atom. The number of carboxylic acids is 1. The Morgan fingerprint density at radius 3 is 2.95 bits per heavy atom. The zero-order valence-electron chi connectivity index (χ0n) is 10.8. The van der Waals surface area contributed by atoms with Crippen LogP contribution < -0.4 is 9.46 Å². The highest BCUT2D eigenvalue weighted by Gasteiger charge is 2.26. The third kappa shape index (κ3) is 3.09. The van der Waals surface area contributed by atoms with Crippen molar-refractivity contribution in [3.8, 4) is 5.75 Å². The first-order valence-electron chi connectivity index (χ1n) is 5.94. The Kier molecular flexibility index (Phi) is 4.26. The highest BCUT2D eigenvalue weighted by Crippen LogP contribution is 2.27. The molecule has 0 bridgehead atoms. The minimum Gasteiger partial charge on any atom is -0.493 e. The van der Waals surface area contributed by atoms with E-state index in [1.807, 2.05) is 0 Å². The Morgan fingerprint density at radius 2 is 2.30 bits per heavy atom. The van der Waals surface area contributed by atoms with Gasteiger partial charge >= 0.3 is 5.97 Å². The molecule has 110 valence electrons. The number of benzene rings is 1. The first-order chi connectivity index (χ1) is 9.44. The van der Waals surface area contributed by atoms with Crippen LogP contribution in [-0.2, 0) is 26.0 Å². The van der Waals surface area contributed by atoms with Gasteiger partial charge in [-0.2, -0.15) is 4.72 Å². The maximum absolute atomic E-state index is 12.2. The van der Waals surface area contributed by atoms with E-state index in [1.54, 1.807) is 6.07 Å². The van der Waals surface area contributed by atoms with E-state index in [4.69, 9.17) is 14.6 Å². The van der Waals surface area contributed by atoms with E-state index in [0.29, 0.717) is 18.8 Å². The van der Waals surface area contributed by atoms with Gasteiger partial charge in [-0.3, -0.25) is 4.79 Å². The summed E-state index contributed by atoms with van der Waals surface area (Å²) in [6.07, 6.45) is 0.638. The van der Waals surface area contributed by atoms with Gasteiger partial charge in [-0.25, -0.2) is 8.42 Å². The molecule has 1 aliphatic rings. The highest BCUT2D eigenvalue weighted by atomic mass is 32.2. The standard InChI is InChI=1S/C12H15NO6S/c1-18-7-10(12(14)15)13-20(16,17)9-2-3-11-8(6-9)4-5-19-11/h2-3,6,10,13H,4-5,7H2,1H3,(H,14,15).